The van der Waals surface area contributed by atoms with E-state index in [-0.39, 0.29) is 5.41 Å². The molecular weight excluding hydrogens is 597 g/mol. The van der Waals surface area contributed by atoms with Gasteiger partial charge in [-0.25, -0.2) is 9.97 Å². The van der Waals surface area contributed by atoms with Crippen molar-refractivity contribution in [2.24, 2.45) is 0 Å². The minimum atomic E-state index is -0.280. The van der Waals surface area contributed by atoms with Crippen molar-refractivity contribution in [3.63, 3.8) is 0 Å². The number of nitrogens with zero attached hydrogens (tertiary/aromatic N) is 4. The number of hydrogen-bond donors (Lipinski definition) is 0. The monoisotopic (exact) mass is 624 g/mol. The Morgan fingerprint density at radius 3 is 2.32 bits per heavy atom. The Labute approximate surface area is 275 Å². The Morgan fingerprint density at radius 1 is 0.660 bits per heavy atom. The summed E-state index contributed by atoms with van der Waals surface area (Å²) in [4.78, 5) is 12.0. The lowest BCUT2D eigenvalue weighted by atomic mass is 9.75. The molecule has 0 atom stereocenters. The summed E-state index contributed by atoms with van der Waals surface area (Å²) >= 11 is 1.80. The molecule has 0 aliphatic carbocycles. The maximum Gasteiger partial charge on any atom is 0.145 e. The molecule has 224 valence electrons. The van der Waals surface area contributed by atoms with Crippen LogP contribution < -0.4 is 4.74 Å². The van der Waals surface area contributed by atoms with Crippen LogP contribution in [0.15, 0.2) is 144 Å². The Balaban J connectivity index is 1.27. The summed E-state index contributed by atoms with van der Waals surface area (Å²) in [7, 11) is 0. The van der Waals surface area contributed by atoms with Crippen LogP contribution in [0.5, 0.6) is 11.5 Å². The van der Waals surface area contributed by atoms with E-state index >= 15 is 0 Å². The van der Waals surface area contributed by atoms with Crippen molar-refractivity contribution in [2.45, 2.75) is 29.1 Å². The largest absolute Gasteiger partial charge is 0.456 e. The molecule has 0 unspecified atom stereocenters. The zero-order valence-electron chi connectivity index (χ0n) is 25.8. The lowest BCUT2D eigenvalue weighted by molar-refractivity contribution is 0.466. The second kappa shape index (κ2) is 9.71. The van der Waals surface area contributed by atoms with Gasteiger partial charge in [-0.3, -0.25) is 8.97 Å². The van der Waals surface area contributed by atoms with Crippen LogP contribution in [-0.4, -0.2) is 18.9 Å². The number of ether oxygens (including phenoxy) is 1. The lowest BCUT2D eigenvalue weighted by Gasteiger charge is -2.36. The molecule has 0 saturated carbocycles. The minimum Gasteiger partial charge on any atom is -0.456 e. The second-order valence-corrected chi connectivity index (χ2v) is 13.7. The van der Waals surface area contributed by atoms with Crippen molar-refractivity contribution in [3.05, 3.63) is 145 Å². The summed E-state index contributed by atoms with van der Waals surface area (Å²) in [5.74, 6) is 2.49. The number of hydrogen-bond acceptors (Lipinski definition) is 4. The van der Waals surface area contributed by atoms with E-state index in [0.717, 1.165) is 55.2 Å². The van der Waals surface area contributed by atoms with Crippen LogP contribution >= 0.6 is 11.8 Å². The van der Waals surface area contributed by atoms with Crippen LogP contribution in [0.2, 0.25) is 0 Å². The van der Waals surface area contributed by atoms with Crippen molar-refractivity contribution in [2.75, 3.05) is 0 Å². The summed E-state index contributed by atoms with van der Waals surface area (Å²) in [5.41, 5.74) is 6.58. The fourth-order valence-corrected chi connectivity index (χ4v) is 9.11. The number of para-hydroxylation sites is 2. The first kappa shape index (κ1) is 26.6. The maximum atomic E-state index is 7.03. The van der Waals surface area contributed by atoms with Crippen LogP contribution in [0.4, 0.5) is 0 Å². The van der Waals surface area contributed by atoms with Gasteiger partial charge >= 0.3 is 0 Å². The highest BCUT2D eigenvalue weighted by Gasteiger charge is 2.38. The molecule has 10 rings (SSSR count). The zero-order chi connectivity index (χ0) is 31.3. The van der Waals surface area contributed by atoms with Crippen LogP contribution in [-0.2, 0) is 5.41 Å². The van der Waals surface area contributed by atoms with E-state index in [1.807, 2.05) is 30.7 Å². The van der Waals surface area contributed by atoms with Crippen molar-refractivity contribution < 1.29 is 4.74 Å². The summed E-state index contributed by atoms with van der Waals surface area (Å²) in [5, 5.41) is 5.85. The van der Waals surface area contributed by atoms with E-state index in [2.05, 4.69) is 126 Å². The van der Waals surface area contributed by atoms with Gasteiger partial charge in [0.2, 0.25) is 0 Å². The van der Waals surface area contributed by atoms with Gasteiger partial charge in [-0.2, -0.15) is 0 Å². The molecule has 4 aromatic heterocycles. The first-order valence-corrected chi connectivity index (χ1v) is 16.6. The van der Waals surface area contributed by atoms with Gasteiger partial charge in [-0.05, 0) is 65.0 Å². The molecule has 6 heteroatoms. The van der Waals surface area contributed by atoms with E-state index in [1.54, 1.807) is 11.8 Å². The molecular formula is C41H28N4OS. The third-order valence-corrected chi connectivity index (χ3v) is 10.9. The van der Waals surface area contributed by atoms with Gasteiger partial charge in [0.25, 0.3) is 0 Å². The van der Waals surface area contributed by atoms with E-state index in [4.69, 9.17) is 14.7 Å². The molecule has 0 bridgehead atoms. The fourth-order valence-electron chi connectivity index (χ4n) is 7.65. The molecule has 5 aromatic carbocycles. The van der Waals surface area contributed by atoms with Crippen molar-refractivity contribution in [1.29, 1.82) is 0 Å². The molecule has 5 nitrogen and oxygen atoms in total. The topological polar surface area (TPSA) is 44.4 Å². The molecule has 0 saturated heterocycles. The Morgan fingerprint density at radius 2 is 1.45 bits per heavy atom. The molecule has 1 aliphatic heterocycles. The van der Waals surface area contributed by atoms with Crippen molar-refractivity contribution in [1.82, 2.24) is 18.9 Å². The second-order valence-electron chi connectivity index (χ2n) is 12.7. The van der Waals surface area contributed by atoms with Gasteiger partial charge in [-0.1, -0.05) is 86.3 Å². The highest BCUT2D eigenvalue weighted by molar-refractivity contribution is 7.99. The summed E-state index contributed by atoms with van der Waals surface area (Å²) in [6.45, 7) is 4.69. The molecule has 9 aromatic rings. The molecule has 5 heterocycles. The average Bonchev–Trinajstić information content (AvgIpc) is 3.73. The summed E-state index contributed by atoms with van der Waals surface area (Å²) < 4.78 is 11.5. The minimum absolute atomic E-state index is 0.280. The quantitative estimate of drug-likeness (QED) is 0.184. The van der Waals surface area contributed by atoms with E-state index in [1.165, 1.54) is 32.2 Å². The Hall–Kier alpha value is -5.59. The molecule has 47 heavy (non-hydrogen) atoms. The fraction of sp³-hybridized carbons (Fsp3) is 0.0732. The first-order valence-electron chi connectivity index (χ1n) is 15.8. The van der Waals surface area contributed by atoms with Crippen LogP contribution in [0.1, 0.15) is 25.0 Å². The zero-order valence-corrected chi connectivity index (χ0v) is 26.6. The van der Waals surface area contributed by atoms with Crippen LogP contribution in [0, 0.1) is 0 Å². The number of aromatic nitrogens is 4. The van der Waals surface area contributed by atoms with Gasteiger partial charge in [-0.15, -0.1) is 0 Å². The predicted octanol–water partition coefficient (Wildman–Crippen LogP) is 10.7. The van der Waals surface area contributed by atoms with Gasteiger partial charge in [0.05, 0.1) is 21.4 Å². The molecule has 0 N–H and O–H groups in total. The molecule has 0 amide bonds. The normalized spacial score (nSPS) is 13.8. The van der Waals surface area contributed by atoms with Crippen LogP contribution in [0.25, 0.3) is 54.9 Å². The molecule has 1 aliphatic rings. The maximum absolute atomic E-state index is 7.03. The SMILES string of the molecule is CC1(C)c2ccccc2Sc2c(Oc3ccc4c5ccccc5n5ccnc5c4c3)cc3c(c21)c1ccccc1n3-c1ccccn1. The van der Waals surface area contributed by atoms with E-state index in [0.29, 0.717) is 0 Å². The van der Waals surface area contributed by atoms with E-state index in [9.17, 15) is 0 Å². The molecule has 0 fully saturated rings. The Bertz CT molecular complexity index is 2720. The number of pyridine rings is 2. The third kappa shape index (κ3) is 3.73. The van der Waals surface area contributed by atoms with Gasteiger partial charge < -0.3 is 4.74 Å². The third-order valence-electron chi connectivity index (χ3n) is 9.71. The number of imidazole rings is 1. The smallest absolute Gasteiger partial charge is 0.145 e. The molecule has 0 spiro atoms. The van der Waals surface area contributed by atoms with Gasteiger partial charge in [0, 0.05) is 56.5 Å². The Kier molecular flexibility index (Phi) is 5.50. The number of benzene rings is 5. The predicted molar refractivity (Wildman–Crippen MR) is 192 cm³/mol. The standard InChI is InChI=1S/C41H28N4OS/c1-41(2)30-13-5-8-16-35(30)47-39-34(24-33-37(38(39)41)28-12-4-7-15-32(28)45(33)36-17-9-10-20-42-36)46-25-18-19-26-27-11-3-6-14-31(27)44-22-21-43-40(44)29(26)23-25/h3-24H,1-2H3. The molecule has 0 radical (unpaired) electrons. The first-order chi connectivity index (χ1) is 23.1. The average molecular weight is 625 g/mol. The lowest BCUT2D eigenvalue weighted by Crippen LogP contribution is -2.24. The van der Waals surface area contributed by atoms with Crippen molar-refractivity contribution in [3.8, 4) is 17.3 Å². The van der Waals surface area contributed by atoms with Gasteiger partial charge in [0.1, 0.15) is 23.0 Å². The van der Waals surface area contributed by atoms with Crippen LogP contribution in [0.3, 0.4) is 0 Å². The number of fused-ring (bicyclic) bond motifs is 12. The highest BCUT2D eigenvalue weighted by Crippen LogP contribution is 2.56. The number of rotatable bonds is 3. The van der Waals surface area contributed by atoms with Crippen molar-refractivity contribution >= 4 is 60.9 Å². The summed E-state index contributed by atoms with van der Waals surface area (Å²) in [6, 6.07) is 40.6. The van der Waals surface area contributed by atoms with E-state index < -0.39 is 0 Å². The highest BCUT2D eigenvalue weighted by atomic mass is 32.2. The summed E-state index contributed by atoms with van der Waals surface area (Å²) in [6.07, 6.45) is 5.75. The van der Waals surface area contributed by atoms with Gasteiger partial charge in [0.15, 0.2) is 0 Å².